The van der Waals surface area contributed by atoms with Crippen LogP contribution in [-0.2, 0) is 4.79 Å². The van der Waals surface area contributed by atoms with Crippen molar-refractivity contribution in [1.29, 1.82) is 0 Å². The monoisotopic (exact) mass is 139 g/mol. The minimum Gasteiger partial charge on any atom is -0.359 e. The third-order valence-corrected chi connectivity index (χ3v) is 2.04. The van der Waals surface area contributed by atoms with Crippen LogP contribution >= 0.6 is 0 Å². The van der Waals surface area contributed by atoms with Crippen LogP contribution in [-0.4, -0.2) is 13.0 Å². The molecule has 1 amide bonds. The Kier molecular flexibility index (Phi) is 2.10. The van der Waals surface area contributed by atoms with Crippen LogP contribution in [0, 0.1) is 5.92 Å². The summed E-state index contributed by atoms with van der Waals surface area (Å²) in [5.41, 5.74) is 1.41. The molecule has 2 heteroatoms. The highest BCUT2D eigenvalue weighted by Crippen LogP contribution is 2.32. The number of allylic oxidation sites excluding steroid dienone is 2. The first kappa shape index (κ1) is 7.32. The SMILES string of the molecule is CC=C1CC(C(=O)NC)C1. The molecule has 2 nitrogen and oxygen atoms in total. The Bertz CT molecular complexity index is 164. The van der Waals surface area contributed by atoms with Gasteiger partial charge in [0.25, 0.3) is 0 Å². The molecule has 0 spiro atoms. The Morgan fingerprint density at radius 2 is 2.30 bits per heavy atom. The fraction of sp³-hybridized carbons (Fsp3) is 0.625. The molecule has 0 saturated heterocycles. The fourth-order valence-electron chi connectivity index (χ4n) is 1.20. The number of carbonyl (C=O) groups is 1. The van der Waals surface area contributed by atoms with Crippen molar-refractivity contribution in [2.45, 2.75) is 19.8 Å². The first-order valence-corrected chi connectivity index (χ1v) is 3.63. The molecule has 0 aromatic heterocycles. The van der Waals surface area contributed by atoms with Crippen molar-refractivity contribution in [2.75, 3.05) is 7.05 Å². The first-order valence-electron chi connectivity index (χ1n) is 3.63. The van der Waals surface area contributed by atoms with E-state index >= 15 is 0 Å². The number of nitrogens with one attached hydrogen (secondary N) is 1. The number of amides is 1. The third-order valence-electron chi connectivity index (χ3n) is 2.04. The molecule has 1 aliphatic carbocycles. The molecule has 56 valence electrons. The second kappa shape index (κ2) is 2.86. The lowest BCUT2D eigenvalue weighted by Gasteiger charge is -2.27. The van der Waals surface area contributed by atoms with Gasteiger partial charge in [-0.05, 0) is 19.8 Å². The number of hydrogen-bond acceptors (Lipinski definition) is 1. The normalized spacial score (nSPS) is 23.4. The summed E-state index contributed by atoms with van der Waals surface area (Å²) in [6, 6.07) is 0. The van der Waals surface area contributed by atoms with E-state index in [2.05, 4.69) is 11.4 Å². The van der Waals surface area contributed by atoms with Crippen LogP contribution in [0.25, 0.3) is 0 Å². The van der Waals surface area contributed by atoms with Gasteiger partial charge in [-0.25, -0.2) is 0 Å². The van der Waals surface area contributed by atoms with Gasteiger partial charge in [-0.3, -0.25) is 4.79 Å². The Morgan fingerprint density at radius 3 is 2.70 bits per heavy atom. The third kappa shape index (κ3) is 1.20. The lowest BCUT2D eigenvalue weighted by Crippen LogP contribution is -2.32. The molecule has 1 N–H and O–H groups in total. The van der Waals surface area contributed by atoms with Crippen molar-refractivity contribution in [3.05, 3.63) is 11.6 Å². The molecule has 0 radical (unpaired) electrons. The molecule has 0 unspecified atom stereocenters. The zero-order chi connectivity index (χ0) is 7.56. The van der Waals surface area contributed by atoms with Crippen LogP contribution in [0.4, 0.5) is 0 Å². The van der Waals surface area contributed by atoms with Gasteiger partial charge in [0, 0.05) is 13.0 Å². The molecule has 1 aliphatic rings. The fourth-order valence-corrected chi connectivity index (χ4v) is 1.20. The highest BCUT2D eigenvalue weighted by molar-refractivity contribution is 5.80. The zero-order valence-electron chi connectivity index (χ0n) is 6.48. The van der Waals surface area contributed by atoms with E-state index in [0.29, 0.717) is 0 Å². The summed E-state index contributed by atoms with van der Waals surface area (Å²) in [5.74, 6) is 0.446. The van der Waals surface area contributed by atoms with Gasteiger partial charge < -0.3 is 5.32 Å². The second-order valence-corrected chi connectivity index (χ2v) is 2.67. The zero-order valence-corrected chi connectivity index (χ0v) is 6.48. The molecule has 0 bridgehead atoms. The van der Waals surface area contributed by atoms with Gasteiger partial charge >= 0.3 is 0 Å². The summed E-state index contributed by atoms with van der Waals surface area (Å²) in [7, 11) is 1.69. The summed E-state index contributed by atoms with van der Waals surface area (Å²) in [5, 5.41) is 2.65. The molecule has 0 atom stereocenters. The van der Waals surface area contributed by atoms with E-state index in [4.69, 9.17) is 0 Å². The van der Waals surface area contributed by atoms with Gasteiger partial charge in [0.1, 0.15) is 0 Å². The standard InChI is InChI=1S/C8H13NO/c1-3-6-4-7(5-6)8(10)9-2/h3,7H,4-5H2,1-2H3,(H,9,10). The maximum atomic E-state index is 10.9. The van der Waals surface area contributed by atoms with Crippen molar-refractivity contribution < 1.29 is 4.79 Å². The average molecular weight is 139 g/mol. The molecule has 0 aromatic carbocycles. The topological polar surface area (TPSA) is 29.1 Å². The van der Waals surface area contributed by atoms with Gasteiger partial charge in [-0.1, -0.05) is 11.6 Å². The van der Waals surface area contributed by atoms with Crippen molar-refractivity contribution in [3.8, 4) is 0 Å². The van der Waals surface area contributed by atoms with Gasteiger partial charge in [0.05, 0.1) is 0 Å². The highest BCUT2D eigenvalue weighted by atomic mass is 16.1. The van der Waals surface area contributed by atoms with Crippen LogP contribution in [0.3, 0.4) is 0 Å². The van der Waals surface area contributed by atoms with E-state index in [9.17, 15) is 4.79 Å². The largest absolute Gasteiger partial charge is 0.359 e. The molecule has 1 rings (SSSR count). The summed E-state index contributed by atoms with van der Waals surface area (Å²) in [4.78, 5) is 10.9. The van der Waals surface area contributed by atoms with Crippen LogP contribution in [0.1, 0.15) is 19.8 Å². The van der Waals surface area contributed by atoms with E-state index in [1.165, 1.54) is 5.57 Å². The predicted octanol–water partition coefficient (Wildman–Crippen LogP) is 1.09. The number of carbonyl (C=O) groups excluding carboxylic acids is 1. The minimum atomic E-state index is 0.186. The highest BCUT2D eigenvalue weighted by Gasteiger charge is 2.27. The predicted molar refractivity (Wildman–Crippen MR) is 40.5 cm³/mol. The van der Waals surface area contributed by atoms with Gasteiger partial charge in [-0.15, -0.1) is 0 Å². The summed E-state index contributed by atoms with van der Waals surface area (Å²) < 4.78 is 0. The summed E-state index contributed by atoms with van der Waals surface area (Å²) in [6.45, 7) is 2.02. The molecule has 0 aliphatic heterocycles. The molecule has 0 heterocycles. The second-order valence-electron chi connectivity index (χ2n) is 2.67. The van der Waals surface area contributed by atoms with Gasteiger partial charge in [0.2, 0.25) is 5.91 Å². The molecule has 10 heavy (non-hydrogen) atoms. The van der Waals surface area contributed by atoms with Crippen molar-refractivity contribution in [1.82, 2.24) is 5.32 Å². The summed E-state index contributed by atoms with van der Waals surface area (Å²) >= 11 is 0. The lowest BCUT2D eigenvalue weighted by molar-refractivity contribution is -0.125. The number of hydrogen-bond donors (Lipinski definition) is 1. The van der Waals surface area contributed by atoms with Gasteiger partial charge in [0.15, 0.2) is 0 Å². The van der Waals surface area contributed by atoms with E-state index in [1.54, 1.807) is 7.05 Å². The van der Waals surface area contributed by atoms with E-state index in [1.807, 2.05) is 6.92 Å². The van der Waals surface area contributed by atoms with Crippen LogP contribution in [0.5, 0.6) is 0 Å². The van der Waals surface area contributed by atoms with Crippen molar-refractivity contribution in [2.24, 2.45) is 5.92 Å². The maximum Gasteiger partial charge on any atom is 0.223 e. The van der Waals surface area contributed by atoms with Gasteiger partial charge in [-0.2, -0.15) is 0 Å². The van der Waals surface area contributed by atoms with E-state index in [0.717, 1.165) is 12.8 Å². The van der Waals surface area contributed by atoms with E-state index in [-0.39, 0.29) is 11.8 Å². The Morgan fingerprint density at radius 1 is 1.70 bits per heavy atom. The number of rotatable bonds is 1. The maximum absolute atomic E-state index is 10.9. The molecular formula is C8H13NO. The van der Waals surface area contributed by atoms with Crippen LogP contribution in [0.15, 0.2) is 11.6 Å². The van der Waals surface area contributed by atoms with Crippen molar-refractivity contribution >= 4 is 5.91 Å². The smallest absolute Gasteiger partial charge is 0.223 e. The lowest BCUT2D eigenvalue weighted by atomic mass is 9.79. The van der Waals surface area contributed by atoms with Crippen LogP contribution in [0.2, 0.25) is 0 Å². The Hall–Kier alpha value is -0.790. The molecular weight excluding hydrogens is 126 g/mol. The van der Waals surface area contributed by atoms with Crippen molar-refractivity contribution in [3.63, 3.8) is 0 Å². The van der Waals surface area contributed by atoms with Crippen LogP contribution < -0.4 is 5.32 Å². The molecule has 1 saturated carbocycles. The van der Waals surface area contributed by atoms with E-state index < -0.39 is 0 Å². The molecule has 0 aromatic rings. The Balaban J connectivity index is 2.32. The first-order chi connectivity index (χ1) is 4.77. The Labute approximate surface area is 61.3 Å². The molecule has 1 fully saturated rings. The quantitative estimate of drug-likeness (QED) is 0.541. The summed E-state index contributed by atoms with van der Waals surface area (Å²) in [6.07, 6.45) is 4.03. The average Bonchev–Trinajstić information content (AvgIpc) is 1.85. The minimum absolute atomic E-state index is 0.186.